The molecule has 1 aromatic heterocycles. The van der Waals surface area contributed by atoms with E-state index in [1.54, 1.807) is 12.4 Å². The summed E-state index contributed by atoms with van der Waals surface area (Å²) in [6, 6.07) is 4.07. The number of pyridine rings is 1. The average molecular weight is 190 g/mol. The third-order valence-electron chi connectivity index (χ3n) is 2.18. The molecular formula is C8H10N6. The molecule has 0 radical (unpaired) electrons. The van der Waals surface area contributed by atoms with Crippen molar-refractivity contribution in [3.05, 3.63) is 40.5 Å². The molecule has 6 heteroatoms. The van der Waals surface area contributed by atoms with Crippen LogP contribution in [0.1, 0.15) is 18.0 Å². The van der Waals surface area contributed by atoms with E-state index in [4.69, 9.17) is 5.53 Å². The van der Waals surface area contributed by atoms with E-state index < -0.39 is 0 Å². The molecule has 0 aliphatic carbocycles. The van der Waals surface area contributed by atoms with Gasteiger partial charge in [-0.25, -0.2) is 10.9 Å². The van der Waals surface area contributed by atoms with Crippen molar-refractivity contribution < 1.29 is 0 Å². The highest BCUT2D eigenvalue weighted by Crippen LogP contribution is 2.21. The van der Waals surface area contributed by atoms with Crippen LogP contribution in [0.15, 0.2) is 29.6 Å². The topological polar surface area (TPSA) is 85.7 Å². The highest BCUT2D eigenvalue weighted by atomic mass is 15.5. The highest BCUT2D eigenvalue weighted by molar-refractivity contribution is 5.16. The SMILES string of the molecule is [N-]=[N+]=NC1CC(c2ccncc2)NN1. The third kappa shape index (κ3) is 1.82. The minimum absolute atomic E-state index is 0.168. The molecule has 2 heterocycles. The summed E-state index contributed by atoms with van der Waals surface area (Å²) in [5.74, 6) is 0. The fourth-order valence-corrected chi connectivity index (χ4v) is 1.49. The van der Waals surface area contributed by atoms with Gasteiger partial charge < -0.3 is 0 Å². The fraction of sp³-hybridized carbons (Fsp3) is 0.375. The van der Waals surface area contributed by atoms with Gasteiger partial charge in [-0.2, -0.15) is 0 Å². The van der Waals surface area contributed by atoms with Crippen LogP contribution in [0, 0.1) is 0 Å². The Morgan fingerprint density at radius 3 is 2.93 bits per heavy atom. The zero-order valence-electron chi connectivity index (χ0n) is 7.46. The predicted octanol–water partition coefficient (Wildman–Crippen LogP) is 1.26. The molecule has 0 bridgehead atoms. The lowest BCUT2D eigenvalue weighted by atomic mass is 10.1. The molecule has 0 saturated carbocycles. The van der Waals surface area contributed by atoms with Gasteiger partial charge in [-0.05, 0) is 29.6 Å². The second-order valence-corrected chi connectivity index (χ2v) is 3.08. The van der Waals surface area contributed by atoms with Crippen molar-refractivity contribution >= 4 is 0 Å². The molecule has 0 amide bonds. The predicted molar refractivity (Wildman–Crippen MR) is 50.8 cm³/mol. The molecule has 1 fully saturated rings. The maximum Gasteiger partial charge on any atom is 0.102 e. The fourth-order valence-electron chi connectivity index (χ4n) is 1.49. The van der Waals surface area contributed by atoms with Crippen LogP contribution < -0.4 is 10.9 Å². The van der Waals surface area contributed by atoms with Crippen molar-refractivity contribution in [3.63, 3.8) is 0 Å². The number of hydrazine groups is 1. The molecule has 1 aliphatic heterocycles. The lowest BCUT2D eigenvalue weighted by molar-refractivity contribution is 0.550. The van der Waals surface area contributed by atoms with Crippen LogP contribution in [0.2, 0.25) is 0 Å². The number of hydrogen-bond acceptors (Lipinski definition) is 4. The van der Waals surface area contributed by atoms with E-state index in [2.05, 4.69) is 25.9 Å². The van der Waals surface area contributed by atoms with Crippen molar-refractivity contribution in [2.75, 3.05) is 0 Å². The average Bonchev–Trinajstić information content (AvgIpc) is 2.68. The lowest BCUT2D eigenvalue weighted by Gasteiger charge is -2.07. The Morgan fingerprint density at radius 1 is 1.43 bits per heavy atom. The minimum atomic E-state index is -0.168. The van der Waals surface area contributed by atoms with E-state index in [0.29, 0.717) is 0 Å². The van der Waals surface area contributed by atoms with E-state index in [1.807, 2.05) is 12.1 Å². The molecule has 2 unspecified atom stereocenters. The van der Waals surface area contributed by atoms with Gasteiger partial charge in [-0.1, -0.05) is 5.11 Å². The molecular weight excluding hydrogens is 180 g/mol. The van der Waals surface area contributed by atoms with E-state index in [-0.39, 0.29) is 12.2 Å². The van der Waals surface area contributed by atoms with Gasteiger partial charge in [0.25, 0.3) is 0 Å². The molecule has 2 N–H and O–H groups in total. The molecule has 0 aromatic carbocycles. The van der Waals surface area contributed by atoms with Gasteiger partial charge >= 0.3 is 0 Å². The van der Waals surface area contributed by atoms with Crippen molar-refractivity contribution in [3.8, 4) is 0 Å². The quantitative estimate of drug-likeness (QED) is 0.418. The van der Waals surface area contributed by atoms with Gasteiger partial charge in [0.2, 0.25) is 0 Å². The van der Waals surface area contributed by atoms with Crippen LogP contribution in [0.25, 0.3) is 10.4 Å². The third-order valence-corrected chi connectivity index (χ3v) is 2.18. The number of azide groups is 1. The van der Waals surface area contributed by atoms with Crippen LogP contribution in [-0.2, 0) is 0 Å². The number of rotatable bonds is 2. The zero-order chi connectivity index (χ0) is 9.80. The van der Waals surface area contributed by atoms with E-state index in [0.717, 1.165) is 12.0 Å². The Balaban J connectivity index is 2.06. The van der Waals surface area contributed by atoms with Crippen molar-refractivity contribution in [2.45, 2.75) is 18.6 Å². The Kier molecular flexibility index (Phi) is 2.60. The number of nitrogens with one attached hydrogen (secondary N) is 2. The maximum atomic E-state index is 8.26. The van der Waals surface area contributed by atoms with E-state index in [9.17, 15) is 0 Å². The Bertz CT molecular complexity index is 344. The summed E-state index contributed by atoms with van der Waals surface area (Å²) in [5.41, 5.74) is 15.4. The van der Waals surface area contributed by atoms with Crippen molar-refractivity contribution in [2.24, 2.45) is 5.11 Å². The molecule has 6 nitrogen and oxygen atoms in total. The van der Waals surface area contributed by atoms with E-state index >= 15 is 0 Å². The van der Waals surface area contributed by atoms with Gasteiger partial charge in [0.1, 0.15) is 6.17 Å². The summed E-state index contributed by atoms with van der Waals surface area (Å²) in [7, 11) is 0. The minimum Gasteiger partial charge on any atom is -0.265 e. The van der Waals surface area contributed by atoms with Gasteiger partial charge in [0.15, 0.2) is 0 Å². The Morgan fingerprint density at radius 2 is 2.21 bits per heavy atom. The summed E-state index contributed by atoms with van der Waals surface area (Å²) in [6.45, 7) is 0. The molecule has 2 rings (SSSR count). The molecule has 1 aromatic rings. The second-order valence-electron chi connectivity index (χ2n) is 3.08. The van der Waals surface area contributed by atoms with Gasteiger partial charge in [-0.15, -0.1) is 0 Å². The summed E-state index contributed by atoms with van der Waals surface area (Å²) in [5, 5.41) is 3.59. The van der Waals surface area contributed by atoms with Crippen LogP contribution in [0.3, 0.4) is 0 Å². The Hall–Kier alpha value is -1.62. The first-order valence-electron chi connectivity index (χ1n) is 4.35. The maximum absolute atomic E-state index is 8.26. The first-order valence-corrected chi connectivity index (χ1v) is 4.35. The zero-order valence-corrected chi connectivity index (χ0v) is 7.46. The number of nitrogens with zero attached hydrogens (tertiary/aromatic N) is 4. The van der Waals surface area contributed by atoms with Crippen LogP contribution >= 0.6 is 0 Å². The normalized spacial score (nSPS) is 25.7. The highest BCUT2D eigenvalue weighted by Gasteiger charge is 2.23. The van der Waals surface area contributed by atoms with Crippen LogP contribution in [0.5, 0.6) is 0 Å². The first-order chi connectivity index (χ1) is 6.90. The van der Waals surface area contributed by atoms with E-state index in [1.165, 1.54) is 0 Å². The van der Waals surface area contributed by atoms with Gasteiger partial charge in [0.05, 0.1) is 0 Å². The smallest absolute Gasteiger partial charge is 0.102 e. The molecule has 72 valence electrons. The summed E-state index contributed by atoms with van der Waals surface area (Å²) in [6.07, 6.45) is 4.09. The van der Waals surface area contributed by atoms with Crippen molar-refractivity contribution in [1.82, 2.24) is 15.8 Å². The van der Waals surface area contributed by atoms with Gasteiger partial charge in [-0.3, -0.25) is 4.98 Å². The summed E-state index contributed by atoms with van der Waals surface area (Å²) in [4.78, 5) is 6.70. The Labute approximate surface area is 80.9 Å². The van der Waals surface area contributed by atoms with Crippen LogP contribution in [0.4, 0.5) is 0 Å². The molecule has 14 heavy (non-hydrogen) atoms. The lowest BCUT2D eigenvalue weighted by Crippen LogP contribution is -2.29. The molecule has 0 spiro atoms. The molecule has 1 aliphatic rings. The largest absolute Gasteiger partial charge is 0.265 e. The number of aromatic nitrogens is 1. The summed E-state index contributed by atoms with van der Waals surface area (Å²) >= 11 is 0. The molecule has 1 saturated heterocycles. The second kappa shape index (κ2) is 4.06. The van der Waals surface area contributed by atoms with Crippen LogP contribution in [-0.4, -0.2) is 11.1 Å². The van der Waals surface area contributed by atoms with Gasteiger partial charge in [0, 0.05) is 23.3 Å². The van der Waals surface area contributed by atoms with Crippen molar-refractivity contribution in [1.29, 1.82) is 0 Å². The first kappa shape index (κ1) is 8.96. The monoisotopic (exact) mass is 190 g/mol. The summed E-state index contributed by atoms with van der Waals surface area (Å²) < 4.78 is 0. The standard InChI is InChI=1S/C8H10N6/c9-14-13-8-5-7(11-12-8)6-1-3-10-4-2-6/h1-4,7-8,11-12H,5H2. The molecule has 2 atom stereocenters. The number of hydrogen-bond donors (Lipinski definition) is 2.